The van der Waals surface area contributed by atoms with E-state index in [1.807, 2.05) is 37.3 Å². The largest absolute Gasteiger partial charge is 0.393 e. The van der Waals surface area contributed by atoms with E-state index < -0.39 is 5.97 Å². The lowest BCUT2D eigenvalue weighted by Gasteiger charge is -2.44. The van der Waals surface area contributed by atoms with E-state index in [-0.39, 0.29) is 23.3 Å². The van der Waals surface area contributed by atoms with Crippen LogP contribution in [0.5, 0.6) is 0 Å². The number of esters is 2. The van der Waals surface area contributed by atoms with Gasteiger partial charge in [0.05, 0.1) is 23.1 Å². The average Bonchev–Trinajstić information content (AvgIpc) is 2.73. The van der Waals surface area contributed by atoms with E-state index in [2.05, 4.69) is 0 Å². The van der Waals surface area contributed by atoms with E-state index >= 15 is 0 Å². The van der Waals surface area contributed by atoms with Gasteiger partial charge in [-0.05, 0) is 38.3 Å². The molecule has 1 saturated carbocycles. The molecule has 1 saturated heterocycles. The summed E-state index contributed by atoms with van der Waals surface area (Å²) in [4.78, 5) is 23.3. The number of cyclic esters (lactones) is 2. The third-order valence-corrected chi connectivity index (χ3v) is 4.56. The van der Waals surface area contributed by atoms with Crippen molar-refractivity contribution in [1.29, 1.82) is 0 Å². The molecule has 0 bridgehead atoms. The first kappa shape index (κ1) is 13.1. The molecule has 0 radical (unpaired) electrons. The van der Waals surface area contributed by atoms with Gasteiger partial charge in [0, 0.05) is 0 Å². The molecular formula is C15H18N2O3. The van der Waals surface area contributed by atoms with Crippen molar-refractivity contribution in [3.05, 3.63) is 30.3 Å². The van der Waals surface area contributed by atoms with Crippen molar-refractivity contribution in [3.63, 3.8) is 0 Å². The molecule has 106 valence electrons. The van der Waals surface area contributed by atoms with Crippen LogP contribution in [0.25, 0.3) is 0 Å². The summed E-state index contributed by atoms with van der Waals surface area (Å²) in [6, 6.07) is 9.67. The molecular weight excluding hydrogens is 256 g/mol. The van der Waals surface area contributed by atoms with Gasteiger partial charge in [-0.15, -0.1) is 0 Å². The lowest BCUT2D eigenvalue weighted by Crippen LogP contribution is -2.55. The predicted octanol–water partition coefficient (Wildman–Crippen LogP) is 1.63. The first-order valence-corrected chi connectivity index (χ1v) is 6.87. The summed E-state index contributed by atoms with van der Waals surface area (Å²) < 4.78 is 4.75. The van der Waals surface area contributed by atoms with Crippen LogP contribution in [0.15, 0.2) is 30.3 Å². The smallest absolute Gasteiger partial charge is 0.317 e. The van der Waals surface area contributed by atoms with E-state index in [4.69, 9.17) is 10.6 Å². The molecule has 2 aliphatic rings. The number of para-hydroxylation sites is 1. The number of hydrogen-bond acceptors (Lipinski definition) is 5. The maximum absolute atomic E-state index is 11.8. The number of carbonyl (C=O) groups excluding carboxylic acids is 2. The fourth-order valence-corrected chi connectivity index (χ4v) is 3.29. The van der Waals surface area contributed by atoms with E-state index in [0.717, 1.165) is 12.1 Å². The minimum Gasteiger partial charge on any atom is -0.393 e. The van der Waals surface area contributed by atoms with Crippen LogP contribution in [0, 0.1) is 11.8 Å². The van der Waals surface area contributed by atoms with Gasteiger partial charge in [0.15, 0.2) is 0 Å². The Kier molecular flexibility index (Phi) is 3.01. The van der Waals surface area contributed by atoms with Crippen molar-refractivity contribution >= 4 is 17.6 Å². The zero-order valence-corrected chi connectivity index (χ0v) is 11.4. The Bertz CT molecular complexity index is 545. The van der Waals surface area contributed by atoms with Gasteiger partial charge < -0.3 is 9.75 Å². The summed E-state index contributed by atoms with van der Waals surface area (Å²) in [7, 11) is 0. The summed E-state index contributed by atoms with van der Waals surface area (Å²) in [5, 5.41) is 1.72. The van der Waals surface area contributed by atoms with Crippen molar-refractivity contribution in [2.75, 3.05) is 5.01 Å². The topological polar surface area (TPSA) is 72.6 Å². The van der Waals surface area contributed by atoms with Crippen LogP contribution in [0.3, 0.4) is 0 Å². The zero-order chi connectivity index (χ0) is 14.3. The van der Waals surface area contributed by atoms with Gasteiger partial charge in [-0.3, -0.25) is 9.59 Å². The molecule has 0 amide bonds. The molecule has 1 aromatic carbocycles. The van der Waals surface area contributed by atoms with Crippen molar-refractivity contribution in [1.82, 2.24) is 0 Å². The summed E-state index contributed by atoms with van der Waals surface area (Å²) in [5.41, 5.74) is 0.567. The van der Waals surface area contributed by atoms with Gasteiger partial charge in [-0.25, -0.2) is 5.84 Å². The van der Waals surface area contributed by atoms with Crippen LogP contribution < -0.4 is 10.9 Å². The van der Waals surface area contributed by atoms with Crippen molar-refractivity contribution in [2.45, 2.75) is 31.7 Å². The van der Waals surface area contributed by atoms with Gasteiger partial charge in [0.25, 0.3) is 0 Å². The van der Waals surface area contributed by atoms with Crippen LogP contribution in [0.2, 0.25) is 0 Å². The Morgan fingerprint density at radius 2 is 1.85 bits per heavy atom. The second-order valence-corrected chi connectivity index (χ2v) is 5.90. The number of anilines is 1. The first-order valence-electron chi connectivity index (χ1n) is 6.87. The standard InChI is InChI=1S/C15H18N2O3/c1-15(17(16)10-5-3-2-4-6-10)8-7-11-12(9-15)14(19)20-13(11)18/h2-6,11-12H,7-9,16H2,1H3. The fraction of sp³-hybridized carbons (Fsp3) is 0.467. The normalized spacial score (nSPS) is 32.7. The third-order valence-electron chi connectivity index (χ3n) is 4.56. The molecule has 2 fully saturated rings. The highest BCUT2D eigenvalue weighted by Gasteiger charge is 2.52. The summed E-state index contributed by atoms with van der Waals surface area (Å²) in [6.07, 6.45) is 1.96. The van der Waals surface area contributed by atoms with E-state index in [1.165, 1.54) is 0 Å². The average molecular weight is 274 g/mol. The van der Waals surface area contributed by atoms with Gasteiger partial charge >= 0.3 is 11.9 Å². The van der Waals surface area contributed by atoms with Crippen LogP contribution in [0.4, 0.5) is 5.69 Å². The van der Waals surface area contributed by atoms with Crippen LogP contribution in [-0.4, -0.2) is 17.5 Å². The van der Waals surface area contributed by atoms with E-state index in [1.54, 1.807) is 5.01 Å². The molecule has 3 atom stereocenters. The highest BCUT2D eigenvalue weighted by molar-refractivity contribution is 5.96. The maximum Gasteiger partial charge on any atom is 0.317 e. The first-order chi connectivity index (χ1) is 9.51. The molecule has 20 heavy (non-hydrogen) atoms. The highest BCUT2D eigenvalue weighted by atomic mass is 16.6. The molecule has 1 aliphatic heterocycles. The minimum absolute atomic E-state index is 0.278. The lowest BCUT2D eigenvalue weighted by atomic mass is 9.71. The fourth-order valence-electron chi connectivity index (χ4n) is 3.29. The predicted molar refractivity (Wildman–Crippen MR) is 73.4 cm³/mol. The molecule has 1 aromatic rings. The monoisotopic (exact) mass is 274 g/mol. The van der Waals surface area contributed by atoms with E-state index in [0.29, 0.717) is 12.8 Å². The van der Waals surface area contributed by atoms with Crippen LogP contribution in [-0.2, 0) is 14.3 Å². The van der Waals surface area contributed by atoms with E-state index in [9.17, 15) is 9.59 Å². The Labute approximate surface area is 117 Å². The molecule has 3 rings (SSSR count). The lowest BCUT2D eigenvalue weighted by molar-refractivity contribution is -0.153. The Morgan fingerprint density at radius 3 is 2.55 bits per heavy atom. The number of rotatable bonds is 2. The number of ether oxygens (including phenoxy) is 1. The molecule has 0 spiro atoms. The van der Waals surface area contributed by atoms with Crippen LogP contribution >= 0.6 is 0 Å². The van der Waals surface area contributed by atoms with Crippen molar-refractivity contribution in [3.8, 4) is 0 Å². The number of nitrogens with zero attached hydrogens (tertiary/aromatic N) is 1. The third kappa shape index (κ3) is 1.98. The Hall–Kier alpha value is -1.88. The summed E-state index contributed by atoms with van der Waals surface area (Å²) in [5.74, 6) is 4.87. The molecule has 1 aliphatic carbocycles. The zero-order valence-electron chi connectivity index (χ0n) is 11.4. The number of benzene rings is 1. The number of nitrogens with two attached hydrogens (primary N) is 1. The second kappa shape index (κ2) is 4.59. The molecule has 3 unspecified atom stereocenters. The molecule has 0 aromatic heterocycles. The quantitative estimate of drug-likeness (QED) is 0.384. The second-order valence-electron chi connectivity index (χ2n) is 5.90. The summed E-state index contributed by atoms with van der Waals surface area (Å²) >= 11 is 0. The number of hydrazine groups is 1. The number of fused-ring (bicyclic) bond motifs is 1. The molecule has 5 heteroatoms. The van der Waals surface area contributed by atoms with Gasteiger partial charge in [0.2, 0.25) is 0 Å². The number of hydrogen-bond donors (Lipinski definition) is 1. The minimum atomic E-state index is -0.396. The summed E-state index contributed by atoms with van der Waals surface area (Å²) in [6.45, 7) is 2.03. The van der Waals surface area contributed by atoms with Crippen LogP contribution in [0.1, 0.15) is 26.2 Å². The van der Waals surface area contributed by atoms with Crippen molar-refractivity contribution in [2.24, 2.45) is 17.7 Å². The van der Waals surface area contributed by atoms with Gasteiger partial charge in [-0.2, -0.15) is 0 Å². The Balaban J connectivity index is 1.84. The molecule has 2 N–H and O–H groups in total. The SMILES string of the molecule is CC1(N(N)c2ccccc2)CCC2C(=O)OC(=O)C2C1. The number of carbonyl (C=O) groups is 2. The van der Waals surface area contributed by atoms with Gasteiger partial charge in [-0.1, -0.05) is 18.2 Å². The highest BCUT2D eigenvalue weighted by Crippen LogP contribution is 2.44. The molecule has 5 nitrogen and oxygen atoms in total. The maximum atomic E-state index is 11.8. The Morgan fingerprint density at radius 1 is 1.20 bits per heavy atom. The van der Waals surface area contributed by atoms with Gasteiger partial charge in [0.1, 0.15) is 0 Å². The molecule has 1 heterocycles. The van der Waals surface area contributed by atoms with Crippen molar-refractivity contribution < 1.29 is 14.3 Å².